The molecule has 0 unspecified atom stereocenters. The number of alkyl halides is 3. The zero-order valence-corrected chi connectivity index (χ0v) is 18.6. The van der Waals surface area contributed by atoms with E-state index in [4.69, 9.17) is 0 Å². The molecule has 174 valence electrons. The van der Waals surface area contributed by atoms with Crippen LogP contribution in [0.5, 0.6) is 0 Å². The zero-order chi connectivity index (χ0) is 22.9. The summed E-state index contributed by atoms with van der Waals surface area (Å²) in [4.78, 5) is 10.1. The first-order valence-corrected chi connectivity index (χ1v) is 11.3. The van der Waals surface area contributed by atoms with Crippen molar-refractivity contribution in [3.63, 3.8) is 0 Å². The topological polar surface area (TPSA) is 41.1 Å². The Labute approximate surface area is 186 Å². The Balaban J connectivity index is 1.47. The normalized spacial score (nSPS) is 21.7. The standard InChI is InChI=1S/C24H30F4N4/c1-23(2)11-9-16(10-12-23)14-29-21-20(25)22(31-15-30-21)32-13-3-4-19(32)17-5-7-18(8-6-17)24(26,27)28/h5-8,15-16,19H,3-4,9-14H2,1-2H3,(H,29,30,31)/t19-/m1/s1. The van der Waals surface area contributed by atoms with E-state index in [1.807, 2.05) is 4.90 Å². The molecule has 1 N–H and O–H groups in total. The van der Waals surface area contributed by atoms with Gasteiger partial charge in [-0.25, -0.2) is 9.97 Å². The van der Waals surface area contributed by atoms with Crippen LogP contribution in [0.25, 0.3) is 0 Å². The third-order valence-corrected chi connectivity index (χ3v) is 6.94. The average molecular weight is 451 g/mol. The maximum Gasteiger partial charge on any atom is 0.416 e. The number of halogens is 4. The highest BCUT2D eigenvalue weighted by Gasteiger charge is 2.33. The van der Waals surface area contributed by atoms with Crippen LogP contribution >= 0.6 is 0 Å². The van der Waals surface area contributed by atoms with Crippen molar-refractivity contribution in [3.8, 4) is 0 Å². The van der Waals surface area contributed by atoms with Crippen molar-refractivity contribution in [2.24, 2.45) is 11.3 Å². The molecule has 4 nitrogen and oxygen atoms in total. The second kappa shape index (κ2) is 8.87. The smallest absolute Gasteiger partial charge is 0.367 e. The summed E-state index contributed by atoms with van der Waals surface area (Å²) in [6.45, 7) is 5.84. The van der Waals surface area contributed by atoms with Crippen LogP contribution in [0, 0.1) is 17.2 Å². The quantitative estimate of drug-likeness (QED) is 0.521. The molecule has 2 aliphatic rings. The second-order valence-electron chi connectivity index (χ2n) is 9.82. The van der Waals surface area contributed by atoms with E-state index in [1.54, 1.807) is 0 Å². The fourth-order valence-electron chi connectivity index (χ4n) is 4.85. The van der Waals surface area contributed by atoms with E-state index in [0.717, 1.165) is 43.4 Å². The molecule has 0 bridgehead atoms. The van der Waals surface area contributed by atoms with E-state index in [9.17, 15) is 13.2 Å². The highest BCUT2D eigenvalue weighted by molar-refractivity contribution is 5.53. The fraction of sp³-hybridized carbons (Fsp3) is 0.583. The molecule has 1 saturated carbocycles. The summed E-state index contributed by atoms with van der Waals surface area (Å²) >= 11 is 0. The number of rotatable bonds is 5. The summed E-state index contributed by atoms with van der Waals surface area (Å²) in [7, 11) is 0. The minimum atomic E-state index is -4.37. The summed E-state index contributed by atoms with van der Waals surface area (Å²) in [5, 5.41) is 3.17. The largest absolute Gasteiger partial charge is 0.416 e. The van der Waals surface area contributed by atoms with Crippen LogP contribution in [0.15, 0.2) is 30.6 Å². The molecule has 1 aliphatic carbocycles. The van der Waals surface area contributed by atoms with Crippen LogP contribution in [-0.2, 0) is 6.18 Å². The van der Waals surface area contributed by atoms with E-state index in [1.165, 1.54) is 31.3 Å². The molecule has 1 saturated heterocycles. The summed E-state index contributed by atoms with van der Waals surface area (Å²) in [6.07, 6.45) is 3.08. The van der Waals surface area contributed by atoms with Crippen molar-refractivity contribution in [1.82, 2.24) is 9.97 Å². The number of hydrogen-bond donors (Lipinski definition) is 1. The van der Waals surface area contributed by atoms with E-state index < -0.39 is 17.6 Å². The van der Waals surface area contributed by atoms with Crippen molar-refractivity contribution in [2.75, 3.05) is 23.3 Å². The molecule has 4 rings (SSSR count). The number of anilines is 2. The third kappa shape index (κ3) is 4.99. The van der Waals surface area contributed by atoms with Gasteiger partial charge in [-0.1, -0.05) is 26.0 Å². The molecule has 1 atom stereocenters. The van der Waals surface area contributed by atoms with Crippen molar-refractivity contribution >= 4 is 11.6 Å². The van der Waals surface area contributed by atoms with Crippen LogP contribution < -0.4 is 10.2 Å². The number of aromatic nitrogens is 2. The predicted octanol–water partition coefficient (Wildman–Crippen LogP) is 6.60. The number of nitrogens with zero attached hydrogens (tertiary/aromatic N) is 3. The van der Waals surface area contributed by atoms with Crippen molar-refractivity contribution in [3.05, 3.63) is 47.5 Å². The Hall–Kier alpha value is -2.38. The minimum Gasteiger partial charge on any atom is -0.367 e. The van der Waals surface area contributed by atoms with E-state index in [0.29, 0.717) is 24.4 Å². The number of hydrogen-bond acceptors (Lipinski definition) is 4. The van der Waals surface area contributed by atoms with Gasteiger partial charge in [0.25, 0.3) is 0 Å². The molecule has 1 aliphatic heterocycles. The number of nitrogens with one attached hydrogen (secondary N) is 1. The van der Waals surface area contributed by atoms with Gasteiger partial charge >= 0.3 is 6.18 Å². The Kier molecular flexibility index (Phi) is 6.32. The van der Waals surface area contributed by atoms with Gasteiger partial charge in [0, 0.05) is 13.1 Å². The number of benzene rings is 1. The molecule has 0 radical (unpaired) electrons. The van der Waals surface area contributed by atoms with Crippen LogP contribution in [0.4, 0.5) is 29.2 Å². The lowest BCUT2D eigenvalue weighted by molar-refractivity contribution is -0.137. The fourth-order valence-corrected chi connectivity index (χ4v) is 4.85. The van der Waals surface area contributed by atoms with Gasteiger partial charge in [-0.05, 0) is 67.6 Å². The molecular weight excluding hydrogens is 420 g/mol. The van der Waals surface area contributed by atoms with E-state index in [2.05, 4.69) is 29.1 Å². The van der Waals surface area contributed by atoms with Crippen LogP contribution in [0.3, 0.4) is 0 Å². The van der Waals surface area contributed by atoms with Gasteiger partial charge in [0.15, 0.2) is 11.6 Å². The van der Waals surface area contributed by atoms with Gasteiger partial charge in [-0.15, -0.1) is 0 Å². The molecule has 8 heteroatoms. The summed E-state index contributed by atoms with van der Waals surface area (Å²) in [5.41, 5.74) is 0.428. The minimum absolute atomic E-state index is 0.193. The first-order chi connectivity index (χ1) is 15.1. The van der Waals surface area contributed by atoms with Crippen LogP contribution in [0.1, 0.15) is 69.5 Å². The molecular formula is C24H30F4N4. The first kappa shape index (κ1) is 22.8. The maximum absolute atomic E-state index is 15.3. The van der Waals surface area contributed by atoms with Crippen LogP contribution in [-0.4, -0.2) is 23.1 Å². The molecule has 0 amide bonds. The third-order valence-electron chi connectivity index (χ3n) is 6.94. The lowest BCUT2D eigenvalue weighted by Crippen LogP contribution is -2.27. The van der Waals surface area contributed by atoms with E-state index >= 15 is 4.39 Å². The highest BCUT2D eigenvalue weighted by Crippen LogP contribution is 2.40. The monoisotopic (exact) mass is 450 g/mol. The molecule has 1 aromatic heterocycles. The molecule has 2 heterocycles. The van der Waals surface area contributed by atoms with Crippen molar-refractivity contribution in [2.45, 2.75) is 64.6 Å². The SMILES string of the molecule is CC1(C)CCC(CNc2ncnc(N3CCC[C@@H]3c3ccc(C(F)(F)F)cc3)c2F)CC1. The van der Waals surface area contributed by atoms with Gasteiger partial charge in [0.05, 0.1) is 11.6 Å². The summed E-state index contributed by atoms with van der Waals surface area (Å²) in [6, 6.07) is 4.92. The van der Waals surface area contributed by atoms with Gasteiger partial charge in [0.1, 0.15) is 6.33 Å². The summed E-state index contributed by atoms with van der Waals surface area (Å²) < 4.78 is 54.0. The summed E-state index contributed by atoms with van der Waals surface area (Å²) in [5.74, 6) is 0.391. The first-order valence-electron chi connectivity index (χ1n) is 11.3. The van der Waals surface area contributed by atoms with Gasteiger partial charge in [-0.3, -0.25) is 0 Å². The lowest BCUT2D eigenvalue weighted by atomic mass is 9.73. The Bertz CT molecular complexity index is 917. The molecule has 32 heavy (non-hydrogen) atoms. The lowest BCUT2D eigenvalue weighted by Gasteiger charge is -2.34. The van der Waals surface area contributed by atoms with Crippen LogP contribution in [0.2, 0.25) is 0 Å². The second-order valence-corrected chi connectivity index (χ2v) is 9.82. The van der Waals surface area contributed by atoms with Gasteiger partial charge in [0.2, 0.25) is 5.82 Å². The molecule has 1 aromatic carbocycles. The Morgan fingerprint density at radius 2 is 1.75 bits per heavy atom. The van der Waals surface area contributed by atoms with Gasteiger partial charge < -0.3 is 10.2 Å². The average Bonchev–Trinajstić information content (AvgIpc) is 3.23. The molecule has 2 aromatic rings. The molecule has 2 fully saturated rings. The van der Waals surface area contributed by atoms with Crippen molar-refractivity contribution in [1.29, 1.82) is 0 Å². The molecule has 0 spiro atoms. The van der Waals surface area contributed by atoms with Crippen molar-refractivity contribution < 1.29 is 17.6 Å². The van der Waals surface area contributed by atoms with Gasteiger partial charge in [-0.2, -0.15) is 17.6 Å². The highest BCUT2D eigenvalue weighted by atomic mass is 19.4. The maximum atomic E-state index is 15.3. The Morgan fingerprint density at radius 3 is 2.41 bits per heavy atom. The van der Waals surface area contributed by atoms with E-state index in [-0.39, 0.29) is 17.7 Å². The predicted molar refractivity (Wildman–Crippen MR) is 117 cm³/mol. The Morgan fingerprint density at radius 1 is 1.06 bits per heavy atom. The zero-order valence-electron chi connectivity index (χ0n) is 18.6.